The van der Waals surface area contributed by atoms with Crippen molar-refractivity contribution in [3.05, 3.63) is 0 Å². The second-order valence-electron chi connectivity index (χ2n) is 3.44. The van der Waals surface area contributed by atoms with Crippen molar-refractivity contribution in [1.29, 1.82) is 0 Å². The van der Waals surface area contributed by atoms with Crippen LogP contribution in [-0.4, -0.2) is 26.8 Å². The molecule has 10 heavy (non-hydrogen) atoms. The van der Waals surface area contributed by atoms with E-state index in [4.69, 9.17) is 4.74 Å². The summed E-state index contributed by atoms with van der Waals surface area (Å²) in [5.74, 6) is 2.84. The first kappa shape index (κ1) is 6.62. The van der Waals surface area contributed by atoms with Gasteiger partial charge in [0.25, 0.3) is 0 Å². The monoisotopic (exact) mass is 141 g/mol. The zero-order valence-corrected chi connectivity index (χ0v) is 6.47. The molecule has 58 valence electrons. The Balaban J connectivity index is 1.82. The van der Waals surface area contributed by atoms with E-state index in [1.807, 2.05) is 0 Å². The molecule has 2 fully saturated rings. The molecule has 2 heteroatoms. The number of hydrogen-bond acceptors (Lipinski definition) is 2. The van der Waals surface area contributed by atoms with Crippen LogP contribution in [0.5, 0.6) is 0 Å². The lowest BCUT2D eigenvalue weighted by Crippen LogP contribution is -2.23. The van der Waals surface area contributed by atoms with E-state index >= 15 is 0 Å². The van der Waals surface area contributed by atoms with Crippen LogP contribution in [-0.2, 0) is 4.74 Å². The number of fused-ring (bicyclic) bond motifs is 1. The molecule has 0 aromatic rings. The van der Waals surface area contributed by atoms with E-state index in [0.29, 0.717) is 0 Å². The van der Waals surface area contributed by atoms with E-state index in [9.17, 15) is 0 Å². The number of rotatable bonds is 2. The molecule has 2 nitrogen and oxygen atoms in total. The van der Waals surface area contributed by atoms with Gasteiger partial charge in [-0.1, -0.05) is 0 Å². The van der Waals surface area contributed by atoms with Crippen molar-refractivity contribution in [3.8, 4) is 0 Å². The zero-order chi connectivity index (χ0) is 6.97. The first-order valence-corrected chi connectivity index (χ1v) is 4.13. The van der Waals surface area contributed by atoms with Crippen molar-refractivity contribution in [2.75, 3.05) is 26.8 Å². The number of piperidine rings is 1. The fraction of sp³-hybridized carbons (Fsp3) is 1.00. The molecular formula is C8H15NO. The minimum Gasteiger partial charge on any atom is -0.384 e. The molecule has 1 saturated heterocycles. The molecule has 1 saturated carbocycles. The Bertz CT molecular complexity index is 114. The van der Waals surface area contributed by atoms with Crippen LogP contribution >= 0.6 is 0 Å². The van der Waals surface area contributed by atoms with Crippen LogP contribution < -0.4 is 5.32 Å². The molecule has 3 atom stereocenters. The van der Waals surface area contributed by atoms with Gasteiger partial charge in [-0.25, -0.2) is 0 Å². The number of hydrogen-bond donors (Lipinski definition) is 1. The molecule has 0 spiro atoms. The lowest BCUT2D eigenvalue weighted by atomic mass is 10.2. The summed E-state index contributed by atoms with van der Waals surface area (Å²) in [4.78, 5) is 0. The molecule has 0 amide bonds. The quantitative estimate of drug-likeness (QED) is 0.604. The lowest BCUT2D eigenvalue weighted by molar-refractivity contribution is 0.178. The molecule has 0 bridgehead atoms. The van der Waals surface area contributed by atoms with Crippen LogP contribution in [0.1, 0.15) is 6.42 Å². The van der Waals surface area contributed by atoms with Gasteiger partial charge in [-0.05, 0) is 37.3 Å². The Hall–Kier alpha value is -0.0800. The normalized spacial score (nSPS) is 44.7. The predicted octanol–water partition coefficient (Wildman–Crippen LogP) is 0.488. The van der Waals surface area contributed by atoms with Crippen molar-refractivity contribution < 1.29 is 4.74 Å². The maximum absolute atomic E-state index is 5.13. The first-order valence-electron chi connectivity index (χ1n) is 4.13. The van der Waals surface area contributed by atoms with Gasteiger partial charge in [0.15, 0.2) is 0 Å². The van der Waals surface area contributed by atoms with Crippen LogP contribution in [0.2, 0.25) is 0 Å². The van der Waals surface area contributed by atoms with Crippen LogP contribution in [0.15, 0.2) is 0 Å². The number of methoxy groups -OCH3 is 1. The SMILES string of the molecule is COC[C@@H]1[C@H]2CCNC[C@H]21. The average molecular weight is 141 g/mol. The van der Waals surface area contributed by atoms with E-state index in [2.05, 4.69) is 5.32 Å². The van der Waals surface area contributed by atoms with Gasteiger partial charge >= 0.3 is 0 Å². The summed E-state index contributed by atoms with van der Waals surface area (Å²) in [5.41, 5.74) is 0. The standard InChI is InChI=1S/C8H15NO/c1-10-5-8-6-2-3-9-4-7(6)8/h6-9H,2-5H2,1H3/t6-,7+,8+/m0/s1. The fourth-order valence-electron chi connectivity index (χ4n) is 2.23. The molecule has 1 aliphatic heterocycles. The van der Waals surface area contributed by atoms with E-state index in [-0.39, 0.29) is 0 Å². The minimum absolute atomic E-state index is 0.889. The summed E-state index contributed by atoms with van der Waals surface area (Å²) in [6.45, 7) is 3.44. The van der Waals surface area contributed by atoms with E-state index in [1.54, 1.807) is 7.11 Å². The third-order valence-electron chi connectivity index (χ3n) is 2.90. The fourth-order valence-corrected chi connectivity index (χ4v) is 2.23. The van der Waals surface area contributed by atoms with Gasteiger partial charge in [0.1, 0.15) is 0 Å². The summed E-state index contributed by atoms with van der Waals surface area (Å²) in [7, 11) is 1.80. The Labute approximate surface area is 61.9 Å². The second-order valence-corrected chi connectivity index (χ2v) is 3.44. The summed E-state index contributed by atoms with van der Waals surface area (Å²) in [6, 6.07) is 0. The summed E-state index contributed by atoms with van der Waals surface area (Å²) < 4.78 is 5.13. The molecule has 0 aromatic carbocycles. The molecule has 0 unspecified atom stereocenters. The average Bonchev–Trinajstić information content (AvgIpc) is 2.66. The van der Waals surface area contributed by atoms with Crippen LogP contribution in [0, 0.1) is 17.8 Å². The first-order chi connectivity index (χ1) is 4.93. The molecule has 1 aliphatic carbocycles. The van der Waals surface area contributed by atoms with Crippen LogP contribution in [0.25, 0.3) is 0 Å². The van der Waals surface area contributed by atoms with Crippen molar-refractivity contribution in [1.82, 2.24) is 5.32 Å². The highest BCUT2D eigenvalue weighted by Gasteiger charge is 2.50. The Kier molecular flexibility index (Phi) is 1.66. The third kappa shape index (κ3) is 0.956. The summed E-state index contributed by atoms with van der Waals surface area (Å²) in [6.07, 6.45) is 1.37. The highest BCUT2D eigenvalue weighted by Crippen LogP contribution is 2.49. The second kappa shape index (κ2) is 2.51. The molecule has 0 radical (unpaired) electrons. The van der Waals surface area contributed by atoms with Gasteiger partial charge in [0.05, 0.1) is 0 Å². The van der Waals surface area contributed by atoms with Gasteiger partial charge < -0.3 is 10.1 Å². The van der Waals surface area contributed by atoms with Gasteiger partial charge in [0, 0.05) is 13.7 Å². The molecule has 1 heterocycles. The van der Waals surface area contributed by atoms with E-state index in [0.717, 1.165) is 24.4 Å². The van der Waals surface area contributed by atoms with Gasteiger partial charge in [0.2, 0.25) is 0 Å². The van der Waals surface area contributed by atoms with Crippen molar-refractivity contribution in [3.63, 3.8) is 0 Å². The van der Waals surface area contributed by atoms with Gasteiger partial charge in [-0.3, -0.25) is 0 Å². The predicted molar refractivity (Wildman–Crippen MR) is 39.8 cm³/mol. The number of nitrogens with one attached hydrogen (secondary N) is 1. The lowest BCUT2D eigenvalue weighted by Gasteiger charge is -2.07. The highest BCUT2D eigenvalue weighted by atomic mass is 16.5. The van der Waals surface area contributed by atoms with Crippen molar-refractivity contribution in [2.45, 2.75) is 6.42 Å². The van der Waals surface area contributed by atoms with Gasteiger partial charge in [-0.2, -0.15) is 0 Å². The molecule has 0 aromatic heterocycles. The smallest absolute Gasteiger partial charge is 0.0496 e. The topological polar surface area (TPSA) is 21.3 Å². The highest BCUT2D eigenvalue weighted by molar-refractivity contribution is 5.00. The molecule has 1 N–H and O–H groups in total. The van der Waals surface area contributed by atoms with Gasteiger partial charge in [-0.15, -0.1) is 0 Å². The largest absolute Gasteiger partial charge is 0.384 e. The third-order valence-corrected chi connectivity index (χ3v) is 2.90. The number of ether oxygens (including phenoxy) is 1. The van der Waals surface area contributed by atoms with Crippen LogP contribution in [0.3, 0.4) is 0 Å². The van der Waals surface area contributed by atoms with Crippen LogP contribution in [0.4, 0.5) is 0 Å². The maximum Gasteiger partial charge on any atom is 0.0496 e. The van der Waals surface area contributed by atoms with Crippen molar-refractivity contribution in [2.24, 2.45) is 17.8 Å². The molecular weight excluding hydrogens is 126 g/mol. The molecule has 2 rings (SSSR count). The van der Waals surface area contributed by atoms with E-state index < -0.39 is 0 Å². The summed E-state index contributed by atoms with van der Waals surface area (Å²) in [5, 5.41) is 3.41. The maximum atomic E-state index is 5.13. The zero-order valence-electron chi connectivity index (χ0n) is 6.47. The Morgan fingerprint density at radius 1 is 1.50 bits per heavy atom. The Morgan fingerprint density at radius 3 is 3.00 bits per heavy atom. The molecule has 2 aliphatic rings. The minimum atomic E-state index is 0.889. The Morgan fingerprint density at radius 2 is 2.40 bits per heavy atom. The summed E-state index contributed by atoms with van der Waals surface area (Å²) >= 11 is 0. The van der Waals surface area contributed by atoms with Crippen molar-refractivity contribution >= 4 is 0 Å². The van der Waals surface area contributed by atoms with E-state index in [1.165, 1.54) is 19.5 Å².